The molecule has 0 spiro atoms. The number of hydrogen-bond acceptors (Lipinski definition) is 6. The van der Waals surface area contributed by atoms with Crippen LogP contribution in [0.15, 0.2) is 77.7 Å². The Kier molecular flexibility index (Phi) is 5.97. The van der Waals surface area contributed by atoms with Crippen molar-refractivity contribution in [2.75, 3.05) is 33.3 Å². The summed E-state index contributed by atoms with van der Waals surface area (Å²) in [7, 11) is 1.52. The minimum atomic E-state index is -0.575. The lowest BCUT2D eigenvalue weighted by Gasteiger charge is -2.34. The zero-order valence-electron chi connectivity index (χ0n) is 19.1. The zero-order chi connectivity index (χ0) is 24.4. The van der Waals surface area contributed by atoms with Gasteiger partial charge in [-0.3, -0.25) is 19.0 Å². The maximum Gasteiger partial charge on any atom is 0.288 e. The van der Waals surface area contributed by atoms with E-state index in [1.807, 2.05) is 18.2 Å². The van der Waals surface area contributed by atoms with Crippen molar-refractivity contribution in [3.63, 3.8) is 0 Å². The van der Waals surface area contributed by atoms with Crippen LogP contribution in [0.5, 0.6) is 5.75 Å². The van der Waals surface area contributed by atoms with Gasteiger partial charge in [-0.05, 0) is 36.4 Å². The van der Waals surface area contributed by atoms with Crippen molar-refractivity contribution in [2.45, 2.75) is 0 Å². The number of piperazine rings is 1. The number of amides is 2. The molecule has 35 heavy (non-hydrogen) atoms. The number of hydrogen-bond donors (Lipinski definition) is 0. The van der Waals surface area contributed by atoms with Gasteiger partial charge in [-0.1, -0.05) is 30.3 Å². The highest BCUT2D eigenvalue weighted by atomic mass is 16.5. The Morgan fingerprint density at radius 2 is 1.49 bits per heavy atom. The van der Waals surface area contributed by atoms with E-state index in [1.165, 1.54) is 11.7 Å². The number of pyridine rings is 1. The van der Waals surface area contributed by atoms with Crippen LogP contribution in [0.25, 0.3) is 16.9 Å². The van der Waals surface area contributed by atoms with Gasteiger partial charge in [0, 0.05) is 37.9 Å². The number of ether oxygens (including phenoxy) is 1. The fraction of sp³-hybridized carbons (Fsp3) is 0.192. The van der Waals surface area contributed by atoms with Crippen LogP contribution < -0.4 is 10.3 Å². The maximum atomic E-state index is 13.6. The first-order valence-electron chi connectivity index (χ1n) is 11.2. The van der Waals surface area contributed by atoms with Crippen molar-refractivity contribution >= 4 is 23.0 Å². The quantitative estimate of drug-likeness (QED) is 0.455. The highest BCUT2D eigenvalue weighted by molar-refractivity contribution is 5.96. The van der Waals surface area contributed by atoms with Gasteiger partial charge in [0.2, 0.25) is 0 Å². The molecule has 5 rings (SSSR count). The fourth-order valence-corrected chi connectivity index (χ4v) is 4.22. The van der Waals surface area contributed by atoms with E-state index in [2.05, 4.69) is 9.97 Å². The number of nitrogens with zero attached hydrogens (tertiary/aromatic N) is 5. The van der Waals surface area contributed by atoms with E-state index in [-0.39, 0.29) is 11.6 Å². The molecule has 1 aliphatic heterocycles. The normalized spacial score (nSPS) is 13.6. The van der Waals surface area contributed by atoms with E-state index < -0.39 is 11.5 Å². The van der Waals surface area contributed by atoms with E-state index in [9.17, 15) is 14.4 Å². The Balaban J connectivity index is 1.47. The lowest BCUT2D eigenvalue weighted by molar-refractivity contribution is 0.0531. The molecule has 1 saturated heterocycles. The third-order valence-electron chi connectivity index (χ3n) is 6.02. The summed E-state index contributed by atoms with van der Waals surface area (Å²) in [5, 5.41) is 0. The first kappa shape index (κ1) is 22.3. The van der Waals surface area contributed by atoms with Crippen molar-refractivity contribution in [3.8, 4) is 11.4 Å². The Labute approximate surface area is 201 Å². The minimum absolute atomic E-state index is 0.0777. The second kappa shape index (κ2) is 9.38. The first-order chi connectivity index (χ1) is 17.1. The molecule has 2 aromatic heterocycles. The summed E-state index contributed by atoms with van der Waals surface area (Å²) in [5.41, 5.74) is 1.05. The number of rotatable bonds is 4. The van der Waals surface area contributed by atoms with Gasteiger partial charge in [0.1, 0.15) is 11.3 Å². The highest BCUT2D eigenvalue weighted by Gasteiger charge is 2.29. The first-order valence-corrected chi connectivity index (χ1v) is 11.2. The summed E-state index contributed by atoms with van der Waals surface area (Å²) in [6.07, 6.45) is 1.57. The van der Waals surface area contributed by atoms with Crippen LogP contribution in [0.3, 0.4) is 0 Å². The van der Waals surface area contributed by atoms with Crippen molar-refractivity contribution in [1.29, 1.82) is 0 Å². The molecule has 0 radical (unpaired) electrons. The Bertz CT molecular complexity index is 1460. The van der Waals surface area contributed by atoms with Crippen LogP contribution in [-0.4, -0.2) is 69.4 Å². The van der Waals surface area contributed by atoms with Gasteiger partial charge in [0.25, 0.3) is 17.4 Å². The monoisotopic (exact) mass is 469 g/mol. The Morgan fingerprint density at radius 3 is 2.20 bits per heavy atom. The summed E-state index contributed by atoms with van der Waals surface area (Å²) >= 11 is 0. The lowest BCUT2D eigenvalue weighted by atomic mass is 10.2. The topological polar surface area (TPSA) is 97.6 Å². The van der Waals surface area contributed by atoms with Crippen LogP contribution in [0.4, 0.5) is 0 Å². The number of para-hydroxylation sites is 2. The Hall–Kier alpha value is -4.53. The van der Waals surface area contributed by atoms with Gasteiger partial charge in [-0.2, -0.15) is 0 Å². The van der Waals surface area contributed by atoms with Crippen molar-refractivity contribution < 1.29 is 14.3 Å². The van der Waals surface area contributed by atoms with E-state index in [0.717, 1.165) is 0 Å². The predicted molar refractivity (Wildman–Crippen MR) is 130 cm³/mol. The van der Waals surface area contributed by atoms with Crippen LogP contribution >= 0.6 is 0 Å². The zero-order valence-corrected chi connectivity index (χ0v) is 19.1. The molecule has 9 nitrogen and oxygen atoms in total. The van der Waals surface area contributed by atoms with Gasteiger partial charge in [0.15, 0.2) is 11.3 Å². The molecule has 176 valence electrons. The van der Waals surface area contributed by atoms with Gasteiger partial charge >= 0.3 is 0 Å². The second-order valence-corrected chi connectivity index (χ2v) is 8.07. The summed E-state index contributed by atoms with van der Waals surface area (Å²) < 4.78 is 6.81. The average molecular weight is 470 g/mol. The molecule has 1 aliphatic rings. The van der Waals surface area contributed by atoms with E-state index in [0.29, 0.717) is 54.3 Å². The molecule has 2 amide bonds. The number of carbonyl (C=O) groups excluding carboxylic acids is 2. The molecule has 0 atom stereocenters. The summed E-state index contributed by atoms with van der Waals surface area (Å²) in [6.45, 7) is 1.35. The molecular weight excluding hydrogens is 446 g/mol. The van der Waals surface area contributed by atoms with Crippen molar-refractivity contribution in [3.05, 3.63) is 94.5 Å². The largest absolute Gasteiger partial charge is 0.495 e. The molecule has 0 unspecified atom stereocenters. The number of carbonyl (C=O) groups is 2. The maximum absolute atomic E-state index is 13.6. The van der Waals surface area contributed by atoms with E-state index in [1.54, 1.807) is 64.5 Å². The van der Waals surface area contributed by atoms with Crippen molar-refractivity contribution in [2.24, 2.45) is 0 Å². The summed E-state index contributed by atoms with van der Waals surface area (Å²) in [4.78, 5) is 51.8. The molecule has 0 aliphatic carbocycles. The number of methoxy groups -OCH3 is 1. The van der Waals surface area contributed by atoms with E-state index >= 15 is 0 Å². The molecule has 2 aromatic carbocycles. The molecule has 0 bridgehead atoms. The average Bonchev–Trinajstić information content (AvgIpc) is 2.92. The van der Waals surface area contributed by atoms with E-state index in [4.69, 9.17) is 4.74 Å². The highest BCUT2D eigenvalue weighted by Crippen LogP contribution is 2.23. The van der Waals surface area contributed by atoms with Crippen LogP contribution in [0.2, 0.25) is 0 Å². The molecule has 1 fully saturated rings. The van der Waals surface area contributed by atoms with Crippen LogP contribution in [0, 0.1) is 0 Å². The third-order valence-corrected chi connectivity index (χ3v) is 6.02. The SMILES string of the molecule is COc1ccccc1-n1c(=O)c(C(=O)N2CCN(C(=O)c3ccccc3)CC2)nc2cccnc21. The molecule has 0 saturated carbocycles. The van der Waals surface area contributed by atoms with Gasteiger partial charge in [-0.15, -0.1) is 0 Å². The second-order valence-electron chi connectivity index (χ2n) is 8.07. The molecule has 3 heterocycles. The van der Waals surface area contributed by atoms with Gasteiger partial charge in [0.05, 0.1) is 12.8 Å². The molecule has 9 heteroatoms. The number of benzene rings is 2. The Morgan fingerprint density at radius 1 is 0.829 bits per heavy atom. The molecular formula is C26H23N5O4. The van der Waals surface area contributed by atoms with Gasteiger partial charge < -0.3 is 14.5 Å². The number of aromatic nitrogens is 3. The van der Waals surface area contributed by atoms with Crippen LogP contribution in [0.1, 0.15) is 20.8 Å². The molecule has 0 N–H and O–H groups in total. The molecule has 4 aromatic rings. The minimum Gasteiger partial charge on any atom is -0.495 e. The van der Waals surface area contributed by atoms with Gasteiger partial charge in [-0.25, -0.2) is 9.97 Å². The summed E-state index contributed by atoms with van der Waals surface area (Å²) in [6, 6.07) is 19.5. The fourth-order valence-electron chi connectivity index (χ4n) is 4.22. The lowest BCUT2D eigenvalue weighted by Crippen LogP contribution is -2.51. The third kappa shape index (κ3) is 4.12. The van der Waals surface area contributed by atoms with Crippen LogP contribution in [-0.2, 0) is 0 Å². The predicted octanol–water partition coefficient (Wildman–Crippen LogP) is 2.39. The van der Waals surface area contributed by atoms with Crippen molar-refractivity contribution in [1.82, 2.24) is 24.3 Å². The number of fused-ring (bicyclic) bond motifs is 1. The standard InChI is InChI=1S/C26H23N5O4/c1-35-21-12-6-5-11-20(21)31-23-19(10-7-13-27-23)28-22(26(31)34)25(33)30-16-14-29(15-17-30)24(32)18-8-3-2-4-9-18/h2-13H,14-17H2,1H3. The summed E-state index contributed by atoms with van der Waals surface area (Å²) in [5.74, 6) is -0.0819. The smallest absolute Gasteiger partial charge is 0.288 e.